The Hall–Kier alpha value is -1.69. The minimum absolute atomic E-state index is 1.30. The fourth-order valence-electron chi connectivity index (χ4n) is 1.67. The highest BCUT2D eigenvalue weighted by Crippen LogP contribution is 2.23. The zero-order valence-electron chi connectivity index (χ0n) is 9.20. The van der Waals surface area contributed by atoms with Gasteiger partial charge in [0, 0.05) is 0 Å². The van der Waals surface area contributed by atoms with Crippen LogP contribution in [0.1, 0.15) is 18.1 Å². The zero-order valence-corrected chi connectivity index (χ0v) is 9.20. The van der Waals surface area contributed by atoms with E-state index in [1.807, 2.05) is 0 Å². The summed E-state index contributed by atoms with van der Waals surface area (Å²) in [4.78, 5) is 0. The van der Waals surface area contributed by atoms with Crippen molar-refractivity contribution >= 4 is 6.08 Å². The van der Waals surface area contributed by atoms with Gasteiger partial charge in [-0.05, 0) is 6.92 Å². The van der Waals surface area contributed by atoms with Crippen LogP contribution in [0, 0.1) is 12.8 Å². The summed E-state index contributed by atoms with van der Waals surface area (Å²) >= 11 is 0. The van der Waals surface area contributed by atoms with Gasteiger partial charge < -0.3 is 0 Å². The molecule has 76 valence electrons. The number of aryl methyl sites for hydroxylation is 1. The number of hydrogen-bond donors (Lipinski definition) is 0. The average Bonchev–Trinajstić information content (AvgIpc) is 2.24. The van der Waals surface area contributed by atoms with Gasteiger partial charge in [-0.25, -0.2) is 0 Å². The first kappa shape index (κ1) is 9.85. The molecule has 0 fully saturated rings. The Balaban J connectivity index is 2.34. The van der Waals surface area contributed by atoms with E-state index in [1.54, 1.807) is 0 Å². The summed E-state index contributed by atoms with van der Waals surface area (Å²) in [5, 5.41) is 0. The van der Waals surface area contributed by atoms with Gasteiger partial charge in [-0.1, -0.05) is 42.3 Å². The first-order valence-corrected chi connectivity index (χ1v) is 5.23. The lowest BCUT2D eigenvalue weighted by Gasteiger charge is -2.20. The summed E-state index contributed by atoms with van der Waals surface area (Å²) in [5.74, 6) is 1.32. The van der Waals surface area contributed by atoms with E-state index in [4.69, 9.17) is 0 Å². The molecule has 0 heterocycles. The molecule has 2 rings (SSSR count). The van der Waals surface area contributed by atoms with Gasteiger partial charge in [0.2, 0.25) is 0 Å². The molecule has 0 aromatic heterocycles. The first-order valence-electron chi connectivity index (χ1n) is 5.23. The maximum absolute atomic E-state index is 2.24. The highest BCUT2D eigenvalue weighted by atomic mass is 14.1. The van der Waals surface area contributed by atoms with Gasteiger partial charge in [-0.15, -0.1) is 41.9 Å². The van der Waals surface area contributed by atoms with Gasteiger partial charge in [0.25, 0.3) is 0 Å². The molecule has 0 saturated heterocycles. The summed E-state index contributed by atoms with van der Waals surface area (Å²) in [6.45, 7) is 4.29. The Morgan fingerprint density at radius 3 is 2.67 bits per heavy atom. The van der Waals surface area contributed by atoms with Crippen LogP contribution in [0.3, 0.4) is 0 Å². The van der Waals surface area contributed by atoms with E-state index in [9.17, 15) is 0 Å². The number of benzene rings is 1. The van der Waals surface area contributed by atoms with Crippen molar-refractivity contribution in [3.8, 4) is 0 Å². The quantitative estimate of drug-likeness (QED) is 0.592. The van der Waals surface area contributed by atoms with Crippen LogP contribution in [0.2, 0.25) is 0 Å². The molecule has 1 aromatic carbocycles. The third-order valence-electron chi connectivity index (χ3n) is 2.69. The molecular formula is C15H15-. The van der Waals surface area contributed by atoms with E-state index >= 15 is 0 Å². The van der Waals surface area contributed by atoms with Crippen LogP contribution in [0.5, 0.6) is 0 Å². The molecule has 0 atom stereocenters. The second kappa shape index (κ2) is 4.22. The predicted octanol–water partition coefficient (Wildman–Crippen LogP) is 4.10. The minimum Gasteiger partial charge on any atom is -0.145 e. The van der Waals surface area contributed by atoms with Crippen molar-refractivity contribution < 1.29 is 0 Å². The Kier molecular flexibility index (Phi) is 2.77. The number of allylic oxidation sites excluding steroid dienone is 5. The molecule has 15 heavy (non-hydrogen) atoms. The van der Waals surface area contributed by atoms with E-state index < -0.39 is 0 Å². The Morgan fingerprint density at radius 2 is 1.93 bits per heavy atom. The number of rotatable bonds is 1. The largest absolute Gasteiger partial charge is 0.145 e. The summed E-state index contributed by atoms with van der Waals surface area (Å²) < 4.78 is 0. The van der Waals surface area contributed by atoms with Crippen LogP contribution in [-0.4, -0.2) is 0 Å². The lowest BCUT2D eigenvalue weighted by molar-refractivity contribution is 1.25. The monoisotopic (exact) mass is 195 g/mol. The summed E-state index contributed by atoms with van der Waals surface area (Å²) in [6, 6.07) is 8.45. The first-order chi connectivity index (χ1) is 7.27. The molecule has 0 radical (unpaired) electrons. The van der Waals surface area contributed by atoms with Crippen molar-refractivity contribution in [3.05, 3.63) is 71.2 Å². The molecule has 0 saturated carbocycles. The van der Waals surface area contributed by atoms with Crippen molar-refractivity contribution in [2.24, 2.45) is 0 Å². The van der Waals surface area contributed by atoms with E-state index in [-0.39, 0.29) is 0 Å². The van der Waals surface area contributed by atoms with Gasteiger partial charge in [0.05, 0.1) is 0 Å². The molecule has 0 unspecified atom stereocenters. The molecule has 0 spiro atoms. The molecule has 0 heteroatoms. The molecule has 1 aliphatic carbocycles. The van der Waals surface area contributed by atoms with Crippen LogP contribution < -0.4 is 0 Å². The molecular weight excluding hydrogens is 180 g/mol. The molecule has 0 aliphatic heterocycles. The highest BCUT2D eigenvalue weighted by Gasteiger charge is 1.97. The van der Waals surface area contributed by atoms with Crippen molar-refractivity contribution in [1.82, 2.24) is 0 Å². The normalized spacial score (nSPS) is 17.5. The van der Waals surface area contributed by atoms with Gasteiger partial charge in [0.1, 0.15) is 0 Å². The maximum atomic E-state index is 2.24. The van der Waals surface area contributed by atoms with Crippen molar-refractivity contribution in [2.45, 2.75) is 13.8 Å². The van der Waals surface area contributed by atoms with E-state index in [2.05, 4.69) is 68.5 Å². The van der Waals surface area contributed by atoms with Gasteiger partial charge in [-0.2, -0.15) is 0 Å². The predicted molar refractivity (Wildman–Crippen MR) is 66.4 cm³/mol. The molecule has 0 nitrogen and oxygen atoms in total. The van der Waals surface area contributed by atoms with Crippen LogP contribution >= 0.6 is 0 Å². The van der Waals surface area contributed by atoms with E-state index in [0.717, 1.165) is 0 Å². The Morgan fingerprint density at radius 1 is 1.13 bits per heavy atom. The maximum Gasteiger partial charge on any atom is -0.0400 e. The smallest absolute Gasteiger partial charge is 0.0400 e. The van der Waals surface area contributed by atoms with Gasteiger partial charge in [0.15, 0.2) is 0 Å². The topological polar surface area (TPSA) is 0 Å². The molecule has 0 amide bonds. The van der Waals surface area contributed by atoms with Crippen molar-refractivity contribution in [2.75, 3.05) is 0 Å². The SMILES string of the molecule is Cc1ccccc1/C=C1\C=CC=C[C-]1C. The zero-order chi connectivity index (χ0) is 10.7. The van der Waals surface area contributed by atoms with Crippen LogP contribution in [0.4, 0.5) is 0 Å². The second-order valence-electron chi connectivity index (χ2n) is 3.86. The van der Waals surface area contributed by atoms with E-state index in [0.29, 0.717) is 0 Å². The molecule has 1 aromatic rings. The standard InChI is InChI=1S/C15H15/c1-12-7-3-5-9-14(12)11-15-10-6-4-8-13(15)2/h3-11H,1-2H3/q-1/b14-11+. The lowest BCUT2D eigenvalue weighted by Crippen LogP contribution is -1.93. The van der Waals surface area contributed by atoms with Gasteiger partial charge in [-0.3, -0.25) is 0 Å². The van der Waals surface area contributed by atoms with E-state index in [1.165, 1.54) is 22.6 Å². The molecule has 1 aliphatic rings. The minimum atomic E-state index is 1.30. The van der Waals surface area contributed by atoms with Crippen molar-refractivity contribution in [3.63, 3.8) is 0 Å². The summed E-state index contributed by atoms with van der Waals surface area (Å²) in [5.41, 5.74) is 3.92. The second-order valence-corrected chi connectivity index (χ2v) is 3.86. The van der Waals surface area contributed by atoms with Crippen LogP contribution in [0.25, 0.3) is 6.08 Å². The van der Waals surface area contributed by atoms with Crippen LogP contribution in [-0.2, 0) is 0 Å². The Labute approximate surface area is 91.6 Å². The highest BCUT2D eigenvalue weighted by molar-refractivity contribution is 5.65. The third-order valence-corrected chi connectivity index (χ3v) is 2.69. The fourth-order valence-corrected chi connectivity index (χ4v) is 1.67. The molecule has 0 N–H and O–H groups in total. The lowest BCUT2D eigenvalue weighted by atomic mass is 9.93. The third kappa shape index (κ3) is 2.21. The molecule has 0 bridgehead atoms. The van der Waals surface area contributed by atoms with Crippen LogP contribution in [0.15, 0.2) is 54.1 Å². The fraction of sp³-hybridized carbons (Fsp3) is 0.133. The average molecular weight is 195 g/mol. The summed E-state index contributed by atoms with van der Waals surface area (Å²) in [6.07, 6.45) is 10.7. The Bertz CT molecular complexity index is 433. The number of hydrogen-bond acceptors (Lipinski definition) is 0. The van der Waals surface area contributed by atoms with Gasteiger partial charge >= 0.3 is 0 Å². The van der Waals surface area contributed by atoms with Crippen molar-refractivity contribution in [1.29, 1.82) is 0 Å². The summed E-state index contributed by atoms with van der Waals surface area (Å²) in [7, 11) is 0.